The molecule has 1 saturated heterocycles. The third kappa shape index (κ3) is 3.44. The summed E-state index contributed by atoms with van der Waals surface area (Å²) in [6.07, 6.45) is 3.75. The third-order valence-corrected chi connectivity index (χ3v) is 3.36. The fourth-order valence-electron chi connectivity index (χ4n) is 2.50. The lowest BCUT2D eigenvalue weighted by molar-refractivity contribution is -0.134. The first-order valence-corrected chi connectivity index (χ1v) is 6.52. The van der Waals surface area contributed by atoms with Gasteiger partial charge in [-0.25, -0.2) is 4.79 Å². The molecule has 19 heavy (non-hydrogen) atoms. The van der Waals surface area contributed by atoms with Gasteiger partial charge in [0.25, 0.3) is 0 Å². The number of likely N-dealkylation sites (tertiary alicyclic amines) is 1. The van der Waals surface area contributed by atoms with Crippen molar-refractivity contribution in [2.75, 3.05) is 20.2 Å². The van der Waals surface area contributed by atoms with Gasteiger partial charge in [0.05, 0.1) is 18.8 Å². The maximum atomic E-state index is 11.2. The maximum absolute atomic E-state index is 11.2. The van der Waals surface area contributed by atoms with Crippen LogP contribution in [0.15, 0.2) is 22.2 Å². The summed E-state index contributed by atoms with van der Waals surface area (Å²) in [5.41, 5.74) is 1.90. The zero-order valence-electron chi connectivity index (χ0n) is 11.7. The SMILES string of the molecule is COC(=O)/C=C(\C)CN1CCCC1c1cc(C)no1. The molecule has 0 aromatic carbocycles. The molecule has 0 radical (unpaired) electrons. The number of carbonyl (C=O) groups excluding carboxylic acids is 1. The van der Waals surface area contributed by atoms with E-state index < -0.39 is 0 Å². The second-order valence-electron chi connectivity index (χ2n) is 5.01. The van der Waals surface area contributed by atoms with E-state index >= 15 is 0 Å². The zero-order chi connectivity index (χ0) is 13.8. The van der Waals surface area contributed by atoms with Crippen molar-refractivity contribution in [3.05, 3.63) is 29.2 Å². The molecule has 5 nitrogen and oxygen atoms in total. The molecule has 1 fully saturated rings. The number of hydrogen-bond acceptors (Lipinski definition) is 5. The van der Waals surface area contributed by atoms with Crippen LogP contribution < -0.4 is 0 Å². The predicted octanol–water partition coefficient (Wildman–Crippen LogP) is 2.24. The van der Waals surface area contributed by atoms with Crippen LogP contribution in [0.3, 0.4) is 0 Å². The Bertz CT molecular complexity index is 479. The molecule has 0 aliphatic carbocycles. The van der Waals surface area contributed by atoms with E-state index in [1.54, 1.807) is 6.08 Å². The van der Waals surface area contributed by atoms with Crippen LogP contribution in [0.5, 0.6) is 0 Å². The summed E-state index contributed by atoms with van der Waals surface area (Å²) in [4.78, 5) is 13.5. The van der Waals surface area contributed by atoms with E-state index in [1.807, 2.05) is 19.9 Å². The summed E-state index contributed by atoms with van der Waals surface area (Å²) in [6.45, 7) is 5.63. The first-order chi connectivity index (χ1) is 9.10. The van der Waals surface area contributed by atoms with Gasteiger partial charge in [-0.05, 0) is 33.2 Å². The predicted molar refractivity (Wildman–Crippen MR) is 70.6 cm³/mol. The molecule has 0 bridgehead atoms. The number of carbonyl (C=O) groups is 1. The van der Waals surface area contributed by atoms with Crippen molar-refractivity contribution in [3.63, 3.8) is 0 Å². The highest BCUT2D eigenvalue weighted by atomic mass is 16.5. The molecule has 1 aliphatic heterocycles. The Balaban J connectivity index is 2.03. The Morgan fingerprint density at radius 3 is 3.11 bits per heavy atom. The number of aromatic nitrogens is 1. The van der Waals surface area contributed by atoms with Crippen LogP contribution in [-0.4, -0.2) is 36.2 Å². The van der Waals surface area contributed by atoms with Crippen LogP contribution in [0.1, 0.15) is 37.3 Å². The highest BCUT2D eigenvalue weighted by molar-refractivity contribution is 5.82. The molecule has 1 unspecified atom stereocenters. The van der Waals surface area contributed by atoms with E-state index in [2.05, 4.69) is 14.8 Å². The molecular formula is C14H20N2O3. The molecule has 5 heteroatoms. The van der Waals surface area contributed by atoms with Crippen molar-refractivity contribution >= 4 is 5.97 Å². The first kappa shape index (κ1) is 13.8. The number of ether oxygens (including phenoxy) is 1. The van der Waals surface area contributed by atoms with Gasteiger partial charge in [0.15, 0.2) is 5.76 Å². The van der Waals surface area contributed by atoms with E-state index in [0.29, 0.717) is 0 Å². The van der Waals surface area contributed by atoms with Gasteiger partial charge < -0.3 is 9.26 Å². The summed E-state index contributed by atoms with van der Waals surface area (Å²) < 4.78 is 10.00. The van der Waals surface area contributed by atoms with Gasteiger partial charge in [-0.15, -0.1) is 0 Å². The van der Waals surface area contributed by atoms with Crippen molar-refractivity contribution in [1.82, 2.24) is 10.1 Å². The summed E-state index contributed by atoms with van der Waals surface area (Å²) >= 11 is 0. The monoisotopic (exact) mass is 264 g/mol. The number of nitrogens with zero attached hydrogens (tertiary/aromatic N) is 2. The second-order valence-corrected chi connectivity index (χ2v) is 5.01. The van der Waals surface area contributed by atoms with Crippen molar-refractivity contribution < 1.29 is 14.1 Å². The highest BCUT2D eigenvalue weighted by Gasteiger charge is 2.28. The molecule has 0 N–H and O–H groups in total. The molecule has 1 aliphatic rings. The smallest absolute Gasteiger partial charge is 0.330 e. The van der Waals surface area contributed by atoms with Crippen molar-refractivity contribution in [3.8, 4) is 0 Å². The molecule has 1 atom stereocenters. The Morgan fingerprint density at radius 1 is 1.68 bits per heavy atom. The van der Waals surface area contributed by atoms with E-state index in [-0.39, 0.29) is 12.0 Å². The molecule has 2 rings (SSSR count). The minimum Gasteiger partial charge on any atom is -0.466 e. The number of esters is 1. The molecule has 2 heterocycles. The Morgan fingerprint density at radius 2 is 2.47 bits per heavy atom. The molecule has 104 valence electrons. The first-order valence-electron chi connectivity index (χ1n) is 6.52. The normalized spacial score (nSPS) is 20.8. The van der Waals surface area contributed by atoms with E-state index in [9.17, 15) is 4.79 Å². The minimum atomic E-state index is -0.302. The second kappa shape index (κ2) is 6.02. The Hall–Kier alpha value is -1.62. The van der Waals surface area contributed by atoms with Crippen LogP contribution in [0.25, 0.3) is 0 Å². The molecule has 0 spiro atoms. The average molecular weight is 264 g/mol. The van der Waals surface area contributed by atoms with E-state index in [0.717, 1.165) is 43.0 Å². The summed E-state index contributed by atoms with van der Waals surface area (Å²) in [7, 11) is 1.39. The maximum Gasteiger partial charge on any atom is 0.330 e. The fraction of sp³-hybridized carbons (Fsp3) is 0.571. The highest BCUT2D eigenvalue weighted by Crippen LogP contribution is 2.32. The standard InChI is InChI=1S/C14H20N2O3/c1-10(7-14(17)18-3)9-16-6-4-5-12(16)13-8-11(2)15-19-13/h7-8,12H,4-6,9H2,1-3H3/b10-7+. The van der Waals surface area contributed by atoms with Gasteiger partial charge in [-0.1, -0.05) is 10.7 Å². The molecular weight excluding hydrogens is 244 g/mol. The van der Waals surface area contributed by atoms with Gasteiger partial charge >= 0.3 is 5.97 Å². The lowest BCUT2D eigenvalue weighted by Crippen LogP contribution is -2.25. The van der Waals surface area contributed by atoms with Crippen molar-refractivity contribution in [2.24, 2.45) is 0 Å². The van der Waals surface area contributed by atoms with Crippen molar-refractivity contribution in [1.29, 1.82) is 0 Å². The number of methoxy groups -OCH3 is 1. The number of aryl methyl sites for hydroxylation is 1. The number of hydrogen-bond donors (Lipinski definition) is 0. The van der Waals surface area contributed by atoms with E-state index in [1.165, 1.54) is 7.11 Å². The van der Waals surface area contributed by atoms with Gasteiger partial charge in [0, 0.05) is 18.7 Å². The molecule has 1 aromatic rings. The average Bonchev–Trinajstić information content (AvgIpc) is 2.97. The number of rotatable bonds is 4. The summed E-state index contributed by atoms with van der Waals surface area (Å²) in [5, 5.41) is 3.95. The minimum absolute atomic E-state index is 0.266. The fourth-order valence-corrected chi connectivity index (χ4v) is 2.50. The Kier molecular flexibility index (Phi) is 4.37. The summed E-state index contributed by atoms with van der Waals surface area (Å²) in [5.74, 6) is 0.615. The lowest BCUT2D eigenvalue weighted by atomic mass is 10.1. The Labute approximate surface area is 113 Å². The lowest BCUT2D eigenvalue weighted by Gasteiger charge is -2.22. The van der Waals surface area contributed by atoms with Crippen LogP contribution >= 0.6 is 0 Å². The third-order valence-electron chi connectivity index (χ3n) is 3.36. The zero-order valence-corrected chi connectivity index (χ0v) is 11.7. The quantitative estimate of drug-likeness (QED) is 0.616. The van der Waals surface area contributed by atoms with Gasteiger partial charge in [0.1, 0.15) is 0 Å². The van der Waals surface area contributed by atoms with Gasteiger partial charge in [0.2, 0.25) is 0 Å². The van der Waals surface area contributed by atoms with Crippen LogP contribution in [-0.2, 0) is 9.53 Å². The topological polar surface area (TPSA) is 55.6 Å². The molecule has 0 saturated carbocycles. The molecule has 0 amide bonds. The van der Waals surface area contributed by atoms with Crippen LogP contribution in [0.2, 0.25) is 0 Å². The van der Waals surface area contributed by atoms with Gasteiger partial charge in [-0.2, -0.15) is 0 Å². The van der Waals surface area contributed by atoms with Gasteiger partial charge in [-0.3, -0.25) is 4.90 Å². The largest absolute Gasteiger partial charge is 0.466 e. The van der Waals surface area contributed by atoms with Crippen LogP contribution in [0.4, 0.5) is 0 Å². The van der Waals surface area contributed by atoms with Crippen molar-refractivity contribution in [2.45, 2.75) is 32.7 Å². The molecule has 1 aromatic heterocycles. The van der Waals surface area contributed by atoms with Crippen LogP contribution in [0, 0.1) is 6.92 Å². The van der Waals surface area contributed by atoms with E-state index in [4.69, 9.17) is 4.52 Å². The summed E-state index contributed by atoms with van der Waals surface area (Å²) in [6, 6.07) is 2.25.